The average molecular weight is 380 g/mol. The van der Waals surface area contributed by atoms with E-state index in [4.69, 9.17) is 17.0 Å². The van der Waals surface area contributed by atoms with Crippen molar-refractivity contribution in [2.45, 2.75) is 26.9 Å². The normalized spacial score (nSPS) is 11.0. The molecule has 0 fully saturated rings. The topological polar surface area (TPSA) is 87.3 Å². The van der Waals surface area contributed by atoms with Gasteiger partial charge >= 0.3 is 6.09 Å². The number of nitrogens with zero attached hydrogens (tertiary/aromatic N) is 2. The van der Waals surface area contributed by atoms with Gasteiger partial charge in [0.25, 0.3) is 0 Å². The molecule has 2 N–H and O–H groups in total. The van der Waals surface area contributed by atoms with Gasteiger partial charge in [0.15, 0.2) is 3.95 Å². The molecular formula is C16H20N4O3S2. The number of H-pyrrole nitrogens is 1. The SMILES string of the molecule is CC(C)(CC=O)CN(Nc1n[nH]c(=S)s1)C(=O)OCc1ccccc1. The Bertz CT molecular complexity index is 758. The van der Waals surface area contributed by atoms with E-state index < -0.39 is 11.5 Å². The summed E-state index contributed by atoms with van der Waals surface area (Å²) in [5, 5.41) is 8.40. The van der Waals surface area contributed by atoms with Gasteiger partial charge in [0.1, 0.15) is 12.9 Å². The predicted molar refractivity (Wildman–Crippen MR) is 98.7 cm³/mol. The fourth-order valence-electron chi connectivity index (χ4n) is 2.06. The zero-order valence-corrected chi connectivity index (χ0v) is 15.7. The van der Waals surface area contributed by atoms with Crippen LogP contribution in [0.4, 0.5) is 9.93 Å². The molecule has 25 heavy (non-hydrogen) atoms. The van der Waals surface area contributed by atoms with Crippen molar-refractivity contribution >= 4 is 41.1 Å². The third-order valence-electron chi connectivity index (χ3n) is 3.32. The summed E-state index contributed by atoms with van der Waals surface area (Å²) in [6.07, 6.45) is 0.600. The number of carbonyl (C=O) groups excluding carboxylic acids is 2. The van der Waals surface area contributed by atoms with E-state index in [0.717, 1.165) is 11.8 Å². The number of aromatic nitrogens is 2. The zero-order chi connectivity index (χ0) is 18.3. The van der Waals surface area contributed by atoms with E-state index in [0.29, 0.717) is 15.5 Å². The van der Waals surface area contributed by atoms with Crippen molar-refractivity contribution in [1.82, 2.24) is 15.2 Å². The third-order valence-corrected chi connectivity index (χ3v) is 4.31. The zero-order valence-electron chi connectivity index (χ0n) is 14.0. The van der Waals surface area contributed by atoms with Crippen molar-refractivity contribution in [2.24, 2.45) is 5.41 Å². The van der Waals surface area contributed by atoms with Crippen molar-refractivity contribution in [2.75, 3.05) is 12.0 Å². The van der Waals surface area contributed by atoms with Crippen LogP contribution in [0.15, 0.2) is 30.3 Å². The Morgan fingerprint density at radius 2 is 2.16 bits per heavy atom. The van der Waals surface area contributed by atoms with Crippen LogP contribution in [0, 0.1) is 9.37 Å². The van der Waals surface area contributed by atoms with Gasteiger partial charge in [-0.25, -0.2) is 9.80 Å². The van der Waals surface area contributed by atoms with Gasteiger partial charge in [-0.3, -0.25) is 10.5 Å². The molecule has 7 nitrogen and oxygen atoms in total. The van der Waals surface area contributed by atoms with Crippen LogP contribution in [0.1, 0.15) is 25.8 Å². The number of aldehydes is 1. The number of benzene rings is 1. The molecule has 1 aromatic heterocycles. The largest absolute Gasteiger partial charge is 0.443 e. The van der Waals surface area contributed by atoms with Crippen LogP contribution in [-0.4, -0.2) is 34.1 Å². The molecule has 134 valence electrons. The summed E-state index contributed by atoms with van der Waals surface area (Å²) in [7, 11) is 0. The number of hydrazine groups is 1. The Labute approximate surface area is 155 Å². The third kappa shape index (κ3) is 6.28. The minimum atomic E-state index is -0.552. The first kappa shape index (κ1) is 19.1. The van der Waals surface area contributed by atoms with Gasteiger partial charge in [-0.2, -0.15) is 0 Å². The molecule has 9 heteroatoms. The van der Waals surface area contributed by atoms with Crippen LogP contribution >= 0.6 is 23.6 Å². The van der Waals surface area contributed by atoms with Crippen molar-refractivity contribution < 1.29 is 14.3 Å². The highest BCUT2D eigenvalue weighted by Gasteiger charge is 2.26. The number of hydrogen-bond donors (Lipinski definition) is 2. The summed E-state index contributed by atoms with van der Waals surface area (Å²) < 4.78 is 5.86. The molecule has 0 unspecified atom stereocenters. The molecule has 0 atom stereocenters. The lowest BCUT2D eigenvalue weighted by Gasteiger charge is -2.30. The van der Waals surface area contributed by atoms with Crippen LogP contribution in [0.3, 0.4) is 0 Å². The number of nitrogens with one attached hydrogen (secondary N) is 2. The predicted octanol–water partition coefficient (Wildman–Crippen LogP) is 3.78. The van der Waals surface area contributed by atoms with Crippen molar-refractivity contribution in [3.63, 3.8) is 0 Å². The molecule has 0 aliphatic rings. The molecule has 0 bridgehead atoms. The first-order valence-electron chi connectivity index (χ1n) is 7.64. The number of aromatic amines is 1. The van der Waals surface area contributed by atoms with Gasteiger partial charge in [-0.05, 0) is 23.2 Å². The second-order valence-electron chi connectivity index (χ2n) is 6.19. The van der Waals surface area contributed by atoms with E-state index in [-0.39, 0.29) is 13.2 Å². The molecule has 0 spiro atoms. The first-order chi connectivity index (χ1) is 11.9. The Balaban J connectivity index is 2.07. The van der Waals surface area contributed by atoms with Gasteiger partial charge < -0.3 is 9.53 Å². The van der Waals surface area contributed by atoms with E-state index in [1.165, 1.54) is 16.3 Å². The number of amides is 1. The maximum atomic E-state index is 12.5. The highest BCUT2D eigenvalue weighted by molar-refractivity contribution is 7.73. The number of anilines is 1. The van der Waals surface area contributed by atoms with Crippen LogP contribution in [0.2, 0.25) is 0 Å². The van der Waals surface area contributed by atoms with Crippen LogP contribution in [0.5, 0.6) is 0 Å². The lowest BCUT2D eigenvalue weighted by molar-refractivity contribution is -0.109. The molecule has 0 saturated heterocycles. The minimum absolute atomic E-state index is 0.155. The molecule has 1 heterocycles. The van der Waals surface area contributed by atoms with Gasteiger partial charge in [0.05, 0.1) is 6.54 Å². The fourth-order valence-corrected chi connectivity index (χ4v) is 2.85. The highest BCUT2D eigenvalue weighted by atomic mass is 32.1. The monoisotopic (exact) mass is 380 g/mol. The maximum Gasteiger partial charge on any atom is 0.429 e. The molecular weight excluding hydrogens is 360 g/mol. The van der Waals surface area contributed by atoms with Crippen molar-refractivity contribution in [3.8, 4) is 0 Å². The minimum Gasteiger partial charge on any atom is -0.443 e. The smallest absolute Gasteiger partial charge is 0.429 e. The standard InChI is InChI=1S/C16H20N4O3S2/c1-16(2,8-9-21)11-20(19-13-17-18-14(24)25-13)15(22)23-10-12-6-4-3-5-7-12/h3-7,9H,8,10-11H2,1-2H3,(H,17,19)(H,18,24). The van der Waals surface area contributed by atoms with E-state index in [1.54, 1.807) is 0 Å². The van der Waals surface area contributed by atoms with Gasteiger partial charge in [-0.15, -0.1) is 5.10 Å². The van der Waals surface area contributed by atoms with E-state index in [2.05, 4.69) is 15.6 Å². The van der Waals surface area contributed by atoms with Crippen molar-refractivity contribution in [1.29, 1.82) is 0 Å². The number of hydrogen-bond acceptors (Lipinski definition) is 7. The summed E-state index contributed by atoms with van der Waals surface area (Å²) in [5.41, 5.74) is 3.37. The summed E-state index contributed by atoms with van der Waals surface area (Å²) in [4.78, 5) is 23.4. The molecule has 0 aliphatic carbocycles. The van der Waals surface area contributed by atoms with Gasteiger partial charge in [-0.1, -0.05) is 55.5 Å². The van der Waals surface area contributed by atoms with E-state index in [9.17, 15) is 9.59 Å². The molecule has 2 rings (SSSR count). The molecule has 0 saturated carbocycles. The highest BCUT2D eigenvalue weighted by Crippen LogP contribution is 2.22. The molecule has 1 amide bonds. The average Bonchev–Trinajstić information content (AvgIpc) is 2.97. The van der Waals surface area contributed by atoms with Crippen LogP contribution < -0.4 is 5.43 Å². The van der Waals surface area contributed by atoms with E-state index in [1.807, 2.05) is 44.2 Å². The molecule has 1 aromatic carbocycles. The van der Waals surface area contributed by atoms with E-state index >= 15 is 0 Å². The van der Waals surface area contributed by atoms with Crippen LogP contribution in [0.25, 0.3) is 0 Å². The molecule has 0 aliphatic heterocycles. The Hall–Kier alpha value is -2.26. The number of rotatable bonds is 8. The molecule has 2 aromatic rings. The second kappa shape index (κ2) is 8.72. The lowest BCUT2D eigenvalue weighted by Crippen LogP contribution is -2.43. The van der Waals surface area contributed by atoms with Crippen LogP contribution in [-0.2, 0) is 16.1 Å². The second-order valence-corrected chi connectivity index (χ2v) is 7.86. The Kier molecular flexibility index (Phi) is 6.65. The first-order valence-corrected chi connectivity index (χ1v) is 8.86. The summed E-state index contributed by atoms with van der Waals surface area (Å²) in [6, 6.07) is 9.40. The Morgan fingerprint density at radius 1 is 1.44 bits per heavy atom. The number of carbonyl (C=O) groups is 2. The number of ether oxygens (including phenoxy) is 1. The van der Waals surface area contributed by atoms with Gasteiger partial charge in [0.2, 0.25) is 5.13 Å². The van der Waals surface area contributed by atoms with Crippen molar-refractivity contribution in [3.05, 3.63) is 39.8 Å². The van der Waals surface area contributed by atoms with Gasteiger partial charge in [0, 0.05) is 6.42 Å². The summed E-state index contributed by atoms with van der Waals surface area (Å²) in [5.74, 6) is 0. The summed E-state index contributed by atoms with van der Waals surface area (Å²) >= 11 is 6.20. The summed E-state index contributed by atoms with van der Waals surface area (Å²) in [6.45, 7) is 4.22. The molecule has 0 radical (unpaired) electrons. The lowest BCUT2D eigenvalue weighted by atomic mass is 9.90. The Morgan fingerprint density at radius 3 is 2.76 bits per heavy atom. The quantitative estimate of drug-likeness (QED) is 0.412. The fraction of sp³-hybridized carbons (Fsp3) is 0.375. The maximum absolute atomic E-state index is 12.5.